The van der Waals surface area contributed by atoms with E-state index in [0.29, 0.717) is 12.1 Å². The number of hydrogen-bond donors (Lipinski definition) is 1. The Bertz CT molecular complexity index is 518. The van der Waals surface area contributed by atoms with Gasteiger partial charge < -0.3 is 9.47 Å². The van der Waals surface area contributed by atoms with Crippen LogP contribution in [0.4, 0.5) is 10.5 Å². The van der Waals surface area contributed by atoms with Gasteiger partial charge in [-0.15, -0.1) is 0 Å². The van der Waals surface area contributed by atoms with E-state index in [9.17, 15) is 9.59 Å². The molecule has 0 aromatic heterocycles. The quantitative estimate of drug-likeness (QED) is 0.844. The molecule has 0 aliphatic carbocycles. The van der Waals surface area contributed by atoms with Gasteiger partial charge in [-0.1, -0.05) is 38.1 Å². The minimum atomic E-state index is -0.502. The third kappa shape index (κ3) is 6.12. The Morgan fingerprint density at radius 3 is 2.29 bits per heavy atom. The van der Waals surface area contributed by atoms with Crippen LogP contribution in [0, 0.1) is 5.41 Å². The highest BCUT2D eigenvalue weighted by atomic mass is 16.5. The molecule has 5 heteroatoms. The zero-order chi connectivity index (χ0) is 15.9. The smallest absolute Gasteiger partial charge is 0.411 e. The summed E-state index contributed by atoms with van der Waals surface area (Å²) in [6.07, 6.45) is 3.72. The van der Waals surface area contributed by atoms with Gasteiger partial charge in [0.1, 0.15) is 0 Å². The summed E-state index contributed by atoms with van der Waals surface area (Å²) in [5, 5.41) is 2.58. The average Bonchev–Trinajstić information content (AvgIpc) is 2.46. The van der Waals surface area contributed by atoms with Crippen molar-refractivity contribution < 1.29 is 19.1 Å². The first-order valence-corrected chi connectivity index (χ1v) is 6.57. The van der Waals surface area contributed by atoms with E-state index in [1.54, 1.807) is 12.1 Å². The summed E-state index contributed by atoms with van der Waals surface area (Å²) in [6.45, 7) is 3.93. The topological polar surface area (TPSA) is 64.6 Å². The van der Waals surface area contributed by atoms with E-state index < -0.39 is 6.09 Å². The van der Waals surface area contributed by atoms with Crippen LogP contribution in [0.2, 0.25) is 0 Å². The lowest BCUT2D eigenvalue weighted by atomic mass is 9.88. The number of benzene rings is 1. The van der Waals surface area contributed by atoms with Crippen LogP contribution in [-0.2, 0) is 14.3 Å². The predicted molar refractivity (Wildman–Crippen MR) is 81.9 cm³/mol. The fourth-order valence-corrected chi connectivity index (χ4v) is 1.67. The largest absolute Gasteiger partial charge is 0.469 e. The molecule has 1 aromatic rings. The van der Waals surface area contributed by atoms with Gasteiger partial charge >= 0.3 is 12.1 Å². The van der Waals surface area contributed by atoms with Crippen molar-refractivity contribution in [2.45, 2.75) is 20.3 Å². The second-order valence-corrected chi connectivity index (χ2v) is 5.31. The highest BCUT2D eigenvalue weighted by Crippen LogP contribution is 2.24. The molecule has 0 unspecified atom stereocenters. The standard InChI is InChI=1S/C16H21NO4/c1-16(2,11-14(18)20-3)10-9-12-5-7-13(8-6-12)17-15(19)21-4/h5-10H,11H2,1-4H3,(H,17,19)/b10-9+. The lowest BCUT2D eigenvalue weighted by molar-refractivity contribution is -0.142. The van der Waals surface area contributed by atoms with Crippen molar-refractivity contribution in [2.75, 3.05) is 19.5 Å². The Labute approximate surface area is 124 Å². The van der Waals surface area contributed by atoms with Crippen molar-refractivity contribution >= 4 is 23.8 Å². The molecule has 5 nitrogen and oxygen atoms in total. The van der Waals surface area contributed by atoms with Gasteiger partial charge in [0.15, 0.2) is 0 Å². The summed E-state index contributed by atoms with van der Waals surface area (Å²) in [4.78, 5) is 22.4. The SMILES string of the molecule is COC(=O)CC(C)(C)/C=C/c1ccc(NC(=O)OC)cc1. The Morgan fingerprint density at radius 1 is 1.14 bits per heavy atom. The van der Waals surface area contributed by atoms with Crippen LogP contribution in [0.1, 0.15) is 25.8 Å². The van der Waals surface area contributed by atoms with Crippen LogP contribution in [0.15, 0.2) is 30.3 Å². The summed E-state index contributed by atoms with van der Waals surface area (Å²) in [5.74, 6) is -0.234. The zero-order valence-electron chi connectivity index (χ0n) is 12.8. The Hall–Kier alpha value is -2.30. The molecule has 1 aromatic carbocycles. The normalized spacial score (nSPS) is 11.2. The molecule has 1 amide bonds. The Kier molecular flexibility index (Phi) is 5.96. The summed E-state index contributed by atoms with van der Waals surface area (Å²) < 4.78 is 9.19. The van der Waals surface area contributed by atoms with Crippen LogP contribution in [-0.4, -0.2) is 26.3 Å². The van der Waals surface area contributed by atoms with Crippen molar-refractivity contribution in [2.24, 2.45) is 5.41 Å². The van der Waals surface area contributed by atoms with Crippen LogP contribution < -0.4 is 5.32 Å². The van der Waals surface area contributed by atoms with Gasteiger partial charge in [0.25, 0.3) is 0 Å². The first kappa shape index (κ1) is 16.8. The molecule has 0 fully saturated rings. The first-order chi connectivity index (χ1) is 9.86. The highest BCUT2D eigenvalue weighted by Gasteiger charge is 2.19. The molecular weight excluding hydrogens is 270 g/mol. The first-order valence-electron chi connectivity index (χ1n) is 6.57. The van der Waals surface area contributed by atoms with Gasteiger partial charge in [0, 0.05) is 5.69 Å². The molecule has 114 valence electrons. The lowest BCUT2D eigenvalue weighted by Gasteiger charge is -2.18. The number of carbonyl (C=O) groups excluding carboxylic acids is 2. The number of rotatable bonds is 5. The second kappa shape index (κ2) is 7.47. The summed E-state index contributed by atoms with van der Waals surface area (Å²) in [5.41, 5.74) is 1.35. The predicted octanol–water partition coefficient (Wildman–Crippen LogP) is 3.47. The fraction of sp³-hybridized carbons (Fsp3) is 0.375. The number of allylic oxidation sites excluding steroid dienone is 1. The number of nitrogens with one attached hydrogen (secondary N) is 1. The van der Waals surface area contributed by atoms with Crippen LogP contribution >= 0.6 is 0 Å². The van der Waals surface area contributed by atoms with Crippen molar-refractivity contribution in [3.63, 3.8) is 0 Å². The van der Waals surface area contributed by atoms with Crippen LogP contribution in [0.3, 0.4) is 0 Å². The monoisotopic (exact) mass is 291 g/mol. The Balaban J connectivity index is 2.68. The highest BCUT2D eigenvalue weighted by molar-refractivity contribution is 5.84. The Morgan fingerprint density at radius 2 is 1.76 bits per heavy atom. The molecule has 0 spiro atoms. The van der Waals surface area contributed by atoms with Gasteiger partial charge in [-0.25, -0.2) is 4.79 Å². The van der Waals surface area contributed by atoms with Crippen LogP contribution in [0.25, 0.3) is 6.08 Å². The average molecular weight is 291 g/mol. The van der Waals surface area contributed by atoms with E-state index >= 15 is 0 Å². The molecule has 0 saturated carbocycles. The van der Waals surface area contributed by atoms with E-state index in [4.69, 9.17) is 0 Å². The van der Waals surface area contributed by atoms with E-state index in [0.717, 1.165) is 5.56 Å². The van der Waals surface area contributed by atoms with Gasteiger partial charge in [-0.3, -0.25) is 10.1 Å². The molecule has 0 aliphatic rings. The summed E-state index contributed by atoms with van der Waals surface area (Å²) >= 11 is 0. The number of amides is 1. The molecule has 0 saturated heterocycles. The number of ether oxygens (including phenoxy) is 2. The van der Waals surface area contributed by atoms with Crippen LogP contribution in [0.5, 0.6) is 0 Å². The lowest BCUT2D eigenvalue weighted by Crippen LogP contribution is -2.15. The maximum atomic E-state index is 11.3. The molecule has 0 radical (unpaired) electrons. The minimum Gasteiger partial charge on any atom is -0.469 e. The zero-order valence-corrected chi connectivity index (χ0v) is 12.8. The summed E-state index contributed by atoms with van der Waals surface area (Å²) in [7, 11) is 2.70. The second-order valence-electron chi connectivity index (χ2n) is 5.31. The maximum absolute atomic E-state index is 11.3. The van der Waals surface area contributed by atoms with E-state index in [1.807, 2.05) is 38.1 Å². The molecule has 1 N–H and O–H groups in total. The molecule has 0 heterocycles. The molecule has 0 bridgehead atoms. The van der Waals surface area contributed by atoms with Crippen molar-refractivity contribution in [3.8, 4) is 0 Å². The van der Waals surface area contributed by atoms with E-state index in [-0.39, 0.29) is 11.4 Å². The van der Waals surface area contributed by atoms with Gasteiger partial charge in [0.05, 0.1) is 20.6 Å². The van der Waals surface area contributed by atoms with Gasteiger partial charge in [0.2, 0.25) is 0 Å². The minimum absolute atomic E-state index is 0.234. The van der Waals surface area contributed by atoms with Gasteiger partial charge in [-0.05, 0) is 23.1 Å². The number of hydrogen-bond acceptors (Lipinski definition) is 4. The number of carbonyl (C=O) groups is 2. The number of anilines is 1. The third-order valence-corrected chi connectivity index (χ3v) is 2.90. The van der Waals surface area contributed by atoms with Crippen molar-refractivity contribution in [3.05, 3.63) is 35.9 Å². The van der Waals surface area contributed by atoms with Crippen molar-refractivity contribution in [1.29, 1.82) is 0 Å². The van der Waals surface area contributed by atoms with Gasteiger partial charge in [-0.2, -0.15) is 0 Å². The molecule has 0 atom stereocenters. The van der Waals surface area contributed by atoms with E-state index in [1.165, 1.54) is 14.2 Å². The molecule has 21 heavy (non-hydrogen) atoms. The third-order valence-electron chi connectivity index (χ3n) is 2.90. The maximum Gasteiger partial charge on any atom is 0.411 e. The fourth-order valence-electron chi connectivity index (χ4n) is 1.67. The van der Waals surface area contributed by atoms with E-state index in [2.05, 4.69) is 14.8 Å². The molecule has 1 rings (SSSR count). The summed E-state index contributed by atoms with van der Waals surface area (Å²) in [6, 6.07) is 7.31. The number of methoxy groups -OCH3 is 2. The molecular formula is C16H21NO4. The number of esters is 1. The van der Waals surface area contributed by atoms with Crippen molar-refractivity contribution in [1.82, 2.24) is 0 Å². The molecule has 0 aliphatic heterocycles.